The van der Waals surface area contributed by atoms with E-state index >= 15 is 0 Å². The van der Waals surface area contributed by atoms with Crippen molar-refractivity contribution < 1.29 is 70.4 Å². The summed E-state index contributed by atoms with van der Waals surface area (Å²) in [5.41, 5.74) is 0. The molecule has 56 valence electrons. The maximum Gasteiger partial charge on any atom is 2.00 e. The van der Waals surface area contributed by atoms with E-state index in [1.165, 1.54) is 0 Å². The Balaban J connectivity index is 0. The summed E-state index contributed by atoms with van der Waals surface area (Å²) in [6.07, 6.45) is 0. The number of rotatable bonds is 0. The maximum absolute atomic E-state index is 0. The first-order valence-corrected chi connectivity index (χ1v) is 0. The fourth-order valence-electron chi connectivity index (χ4n) is 0. The van der Waals surface area contributed by atoms with Crippen LogP contribution in [0, 0.1) is 0 Å². The zero-order valence-electron chi connectivity index (χ0n) is 3.08. The van der Waals surface area contributed by atoms with Gasteiger partial charge >= 0.3 is 42.1 Å². The molecule has 0 saturated heterocycles. The summed E-state index contributed by atoms with van der Waals surface area (Å²) in [4.78, 5) is 0. The Kier molecular flexibility index (Phi) is 32600. The molecule has 8 heavy (non-hydrogen) atoms. The molecule has 0 aliphatic carbocycles. The minimum Gasteiger partial charge on any atom is -1.00 e. The van der Waals surface area contributed by atoms with Gasteiger partial charge in [0.1, 0.15) is 0 Å². The molecule has 0 aliphatic heterocycles. The van der Waals surface area contributed by atoms with Crippen LogP contribution in [0.2, 0.25) is 0 Å². The normalized spacial score (nSPS) is 0. The summed E-state index contributed by atoms with van der Waals surface area (Å²) in [5, 5.41) is 0. The average molecular weight is 482 g/mol. The van der Waals surface area contributed by atoms with Crippen molar-refractivity contribution in [3.63, 3.8) is 0 Å². The van der Waals surface area contributed by atoms with E-state index in [0.717, 1.165) is 0 Å². The molecule has 0 amide bonds. The van der Waals surface area contributed by atoms with Crippen LogP contribution in [0.5, 0.6) is 0 Å². The van der Waals surface area contributed by atoms with Crippen molar-refractivity contribution in [1.82, 2.24) is 0 Å². The molecule has 0 rings (SSSR count). The van der Waals surface area contributed by atoms with Gasteiger partial charge in [0.15, 0.2) is 0 Å². The molecule has 0 unspecified atom stereocenters. The van der Waals surface area contributed by atoms with Gasteiger partial charge in [0.25, 0.3) is 0 Å². The second-order valence-electron chi connectivity index (χ2n) is 0. The van der Waals surface area contributed by atoms with Gasteiger partial charge in [-0.25, -0.2) is 0 Å². The third-order valence-electron chi connectivity index (χ3n) is 0. The van der Waals surface area contributed by atoms with Gasteiger partial charge in [-0.15, -0.1) is 0 Å². The molecule has 0 aromatic heterocycles. The van der Waals surface area contributed by atoms with Crippen molar-refractivity contribution >= 4 is 0 Å². The van der Waals surface area contributed by atoms with Crippen molar-refractivity contribution in [2.24, 2.45) is 0 Å². The van der Waals surface area contributed by atoms with Crippen molar-refractivity contribution in [3.8, 4) is 0 Å². The molecule has 0 radical (unpaired) electrons. The topological polar surface area (TPSA) is 0 Å². The monoisotopic (exact) mass is 482 g/mol. The largest absolute Gasteiger partial charge is 2.00 e. The molecular weight excluding hydrogens is 482 g/mol. The minimum atomic E-state index is 0. The molecular formula is F6W2-2. The van der Waals surface area contributed by atoms with Gasteiger partial charge in [-0.05, 0) is 0 Å². The van der Waals surface area contributed by atoms with Crippen LogP contribution in [0.1, 0.15) is 0 Å². The average Bonchev–Trinajstić information content (AvgIpc) is 0. The molecule has 0 nitrogen and oxygen atoms in total. The molecule has 0 heterocycles. The predicted molar refractivity (Wildman–Crippen MR) is 0 cm³/mol. The molecule has 0 fully saturated rings. The Hall–Kier alpha value is 0.957. The van der Waals surface area contributed by atoms with E-state index in [1.54, 1.807) is 0 Å². The molecule has 0 aromatic carbocycles. The summed E-state index contributed by atoms with van der Waals surface area (Å²) < 4.78 is 0. The molecule has 0 saturated carbocycles. The summed E-state index contributed by atoms with van der Waals surface area (Å²) >= 11 is 0. The predicted octanol–water partition coefficient (Wildman–Crippen LogP) is -18.0. The Labute approximate surface area is 70.5 Å². The molecule has 0 aliphatic rings. The summed E-state index contributed by atoms with van der Waals surface area (Å²) in [6.45, 7) is 0. The molecule has 0 aromatic rings. The zero-order valence-corrected chi connectivity index (χ0v) is 8.95. The van der Waals surface area contributed by atoms with Crippen LogP contribution < -0.4 is 28.2 Å². The first-order valence-electron chi connectivity index (χ1n) is 0. The third kappa shape index (κ3) is 270. The van der Waals surface area contributed by atoms with Crippen molar-refractivity contribution in [1.29, 1.82) is 0 Å². The molecule has 0 bridgehead atoms. The fourth-order valence-corrected chi connectivity index (χ4v) is 0. The van der Waals surface area contributed by atoms with E-state index in [9.17, 15) is 0 Å². The van der Waals surface area contributed by atoms with Crippen molar-refractivity contribution in [2.45, 2.75) is 0 Å². The Morgan fingerprint density at radius 2 is 0.250 bits per heavy atom. The second-order valence-corrected chi connectivity index (χ2v) is 0. The Morgan fingerprint density at radius 3 is 0.250 bits per heavy atom. The Morgan fingerprint density at radius 1 is 0.250 bits per heavy atom. The van der Waals surface area contributed by atoms with Gasteiger partial charge in [0.05, 0.1) is 0 Å². The summed E-state index contributed by atoms with van der Waals surface area (Å²) in [5.74, 6) is 0. The maximum atomic E-state index is 0. The number of hydrogen-bond acceptors (Lipinski definition) is 0. The van der Waals surface area contributed by atoms with Gasteiger partial charge in [0, 0.05) is 0 Å². The van der Waals surface area contributed by atoms with Crippen LogP contribution in [0.4, 0.5) is 0 Å². The van der Waals surface area contributed by atoms with Crippen LogP contribution in [0.25, 0.3) is 0 Å². The first-order chi connectivity index (χ1) is 0. The molecule has 0 atom stereocenters. The minimum absolute atomic E-state index is 0. The summed E-state index contributed by atoms with van der Waals surface area (Å²) in [7, 11) is 0. The first kappa shape index (κ1) is 620. The molecule has 0 N–H and O–H groups in total. The summed E-state index contributed by atoms with van der Waals surface area (Å²) in [6, 6.07) is 0. The quantitative estimate of drug-likeness (QED) is 0.302. The van der Waals surface area contributed by atoms with E-state index in [-0.39, 0.29) is 70.4 Å². The van der Waals surface area contributed by atoms with Gasteiger partial charge in [-0.3, -0.25) is 0 Å². The molecule has 0 spiro atoms. The molecule has 8 heteroatoms. The standard InChI is InChI=1S/6FH.2W/h6*1H;;/q;;;;;;2*+2/p-6. The van der Waals surface area contributed by atoms with Gasteiger partial charge in [0.2, 0.25) is 0 Å². The Bertz CT molecular complexity index is 6.49. The van der Waals surface area contributed by atoms with E-state index in [4.69, 9.17) is 0 Å². The second kappa shape index (κ2) is 421. The van der Waals surface area contributed by atoms with Crippen LogP contribution in [0.3, 0.4) is 0 Å². The zero-order chi connectivity index (χ0) is 0. The van der Waals surface area contributed by atoms with Crippen molar-refractivity contribution in [2.75, 3.05) is 0 Å². The van der Waals surface area contributed by atoms with Gasteiger partial charge < -0.3 is 28.2 Å². The van der Waals surface area contributed by atoms with Gasteiger partial charge in [-0.2, -0.15) is 0 Å². The van der Waals surface area contributed by atoms with Crippen LogP contribution in [0.15, 0.2) is 0 Å². The van der Waals surface area contributed by atoms with E-state index in [0.29, 0.717) is 0 Å². The van der Waals surface area contributed by atoms with Crippen LogP contribution in [-0.2, 0) is 42.1 Å². The van der Waals surface area contributed by atoms with E-state index < -0.39 is 0 Å². The van der Waals surface area contributed by atoms with Gasteiger partial charge in [-0.1, -0.05) is 0 Å². The fraction of sp³-hybridized carbons (Fsp3) is 0. The van der Waals surface area contributed by atoms with E-state index in [2.05, 4.69) is 0 Å². The number of hydrogen-bond donors (Lipinski definition) is 0. The SMILES string of the molecule is [F-].[F-].[F-].[F-].[F-].[F-].[W+2].[W+2]. The number of halogens is 6. The van der Waals surface area contributed by atoms with E-state index in [1.807, 2.05) is 0 Å². The third-order valence-corrected chi connectivity index (χ3v) is 0. The van der Waals surface area contributed by atoms with Crippen LogP contribution in [-0.4, -0.2) is 0 Å². The van der Waals surface area contributed by atoms with Crippen molar-refractivity contribution in [3.05, 3.63) is 0 Å². The van der Waals surface area contributed by atoms with Crippen LogP contribution >= 0.6 is 0 Å². The smallest absolute Gasteiger partial charge is 1.00 e.